The first-order valence-corrected chi connectivity index (χ1v) is 7.84. The van der Waals surface area contributed by atoms with E-state index < -0.39 is 11.2 Å². The Bertz CT molecular complexity index is 986. The average Bonchev–Trinajstić information content (AvgIpc) is 3.05. The summed E-state index contributed by atoms with van der Waals surface area (Å²) >= 11 is 1.54. The minimum Gasteiger partial charge on any atom is -0.403 e. The van der Waals surface area contributed by atoms with Crippen LogP contribution in [0.3, 0.4) is 0 Å². The van der Waals surface area contributed by atoms with E-state index in [0.717, 1.165) is 5.56 Å². The summed E-state index contributed by atoms with van der Waals surface area (Å²) in [5.74, 6) is 0. The number of nitrogens with zero attached hydrogens (tertiary/aromatic N) is 2. The van der Waals surface area contributed by atoms with Crippen molar-refractivity contribution in [1.29, 1.82) is 0 Å². The third-order valence-corrected chi connectivity index (χ3v) is 3.95. The molecule has 118 valence electrons. The van der Waals surface area contributed by atoms with E-state index >= 15 is 0 Å². The fourth-order valence-electron chi connectivity index (χ4n) is 2.09. The first-order chi connectivity index (χ1) is 11.1. The summed E-state index contributed by atoms with van der Waals surface area (Å²) in [6.07, 6.45) is 0.516. The molecule has 0 radical (unpaired) electrons. The predicted octanol–water partition coefficient (Wildman–Crippen LogP) is 2.30. The maximum absolute atomic E-state index is 12.2. The van der Waals surface area contributed by atoms with Gasteiger partial charge in [0.2, 0.25) is 5.71 Å². The molecule has 3 heterocycles. The van der Waals surface area contributed by atoms with Crippen molar-refractivity contribution in [2.24, 2.45) is 5.16 Å². The van der Waals surface area contributed by atoms with Crippen LogP contribution < -0.4 is 16.0 Å². The molecule has 0 spiro atoms. The van der Waals surface area contributed by atoms with E-state index in [2.05, 4.69) is 15.1 Å². The molecule has 8 heteroatoms. The van der Waals surface area contributed by atoms with Crippen LogP contribution >= 0.6 is 11.3 Å². The molecule has 0 fully saturated rings. The van der Waals surface area contributed by atoms with Crippen molar-refractivity contribution in [2.75, 3.05) is 0 Å². The lowest BCUT2D eigenvalue weighted by Gasteiger charge is -2.03. The molecule has 23 heavy (non-hydrogen) atoms. The molecule has 0 atom stereocenters. The normalized spacial score (nSPS) is 11.8. The number of oxime groups is 1. The number of aryl methyl sites for hydroxylation is 1. The van der Waals surface area contributed by atoms with Crippen molar-refractivity contribution in [3.05, 3.63) is 54.8 Å². The summed E-state index contributed by atoms with van der Waals surface area (Å²) in [6.45, 7) is 3.61. The molecule has 7 nitrogen and oxygen atoms in total. The van der Waals surface area contributed by atoms with Gasteiger partial charge < -0.3 is 9.25 Å². The Kier molecular flexibility index (Phi) is 4.07. The van der Waals surface area contributed by atoms with Crippen LogP contribution in [0.4, 0.5) is 0 Å². The van der Waals surface area contributed by atoms with E-state index in [1.165, 1.54) is 6.07 Å². The fraction of sp³-hybridized carbons (Fsp3) is 0.200. The summed E-state index contributed by atoms with van der Waals surface area (Å²) in [5, 5.41) is 8.01. The van der Waals surface area contributed by atoms with Gasteiger partial charge in [-0.1, -0.05) is 12.1 Å². The number of hydrogen-bond donors (Lipinski definition) is 1. The predicted molar refractivity (Wildman–Crippen MR) is 87.4 cm³/mol. The summed E-state index contributed by atoms with van der Waals surface area (Å²) < 4.78 is 4.99. The first-order valence-electron chi connectivity index (χ1n) is 6.89. The van der Waals surface area contributed by atoms with Crippen LogP contribution in [0.5, 0.6) is 6.01 Å². The number of fused-ring (bicyclic) bond motifs is 1. The number of rotatable bonds is 4. The van der Waals surface area contributed by atoms with Crippen molar-refractivity contribution in [1.82, 2.24) is 9.97 Å². The van der Waals surface area contributed by atoms with Crippen molar-refractivity contribution in [3.8, 4) is 6.01 Å². The van der Waals surface area contributed by atoms with E-state index in [0.29, 0.717) is 17.7 Å². The Morgan fingerprint density at radius 3 is 3.00 bits per heavy atom. The van der Waals surface area contributed by atoms with Gasteiger partial charge in [0.1, 0.15) is 5.39 Å². The molecule has 3 rings (SSSR count). The maximum Gasteiger partial charge on any atom is 0.337 e. The van der Waals surface area contributed by atoms with E-state index in [4.69, 9.17) is 9.25 Å². The molecule has 0 unspecified atom stereocenters. The number of H-pyrrole nitrogens is 1. The van der Waals surface area contributed by atoms with Crippen LogP contribution in [0.15, 0.2) is 42.1 Å². The van der Waals surface area contributed by atoms with E-state index in [-0.39, 0.29) is 17.1 Å². The van der Waals surface area contributed by atoms with E-state index in [1.807, 2.05) is 23.8 Å². The third kappa shape index (κ3) is 3.07. The highest BCUT2D eigenvalue weighted by Gasteiger charge is 2.12. The molecule has 0 amide bonds. The van der Waals surface area contributed by atoms with Crippen LogP contribution in [-0.2, 0) is 6.42 Å². The van der Waals surface area contributed by atoms with Crippen LogP contribution in [0.1, 0.15) is 25.0 Å². The summed E-state index contributed by atoms with van der Waals surface area (Å²) in [5.41, 5.74) is 1.08. The minimum atomic E-state index is -0.559. The van der Waals surface area contributed by atoms with Gasteiger partial charge in [0.15, 0.2) is 0 Å². The van der Waals surface area contributed by atoms with Crippen LogP contribution in [0.2, 0.25) is 0 Å². The maximum atomic E-state index is 12.2. The standard InChI is InChI=1S/C15H13N3O4S/c1-3-9-6-11(19)21-14-12(9)13(20)16-15(17-14)22-18-8(2)10-4-5-23-7-10/h4-7H,3H2,1-2H3,(H,16,17,20)/b18-8+. The van der Waals surface area contributed by atoms with Crippen molar-refractivity contribution < 1.29 is 9.25 Å². The molecule has 0 aliphatic carbocycles. The molecule has 0 aliphatic heterocycles. The molecule has 1 N–H and O–H groups in total. The lowest BCUT2D eigenvalue weighted by molar-refractivity contribution is 0.311. The summed E-state index contributed by atoms with van der Waals surface area (Å²) in [6, 6.07) is 3.06. The molecule has 0 aliphatic rings. The quantitative estimate of drug-likeness (QED) is 0.584. The highest BCUT2D eigenvalue weighted by Crippen LogP contribution is 2.14. The number of aromatic nitrogens is 2. The zero-order valence-corrected chi connectivity index (χ0v) is 13.3. The van der Waals surface area contributed by atoms with Crippen molar-refractivity contribution in [2.45, 2.75) is 20.3 Å². The number of aromatic amines is 1. The Morgan fingerprint density at radius 1 is 1.48 bits per heavy atom. The Balaban J connectivity index is 2.02. The van der Waals surface area contributed by atoms with Gasteiger partial charge in [-0.05, 0) is 35.7 Å². The first kappa shape index (κ1) is 15.2. The Labute approximate surface area is 134 Å². The van der Waals surface area contributed by atoms with E-state index in [1.54, 1.807) is 18.3 Å². The van der Waals surface area contributed by atoms with Crippen molar-refractivity contribution in [3.63, 3.8) is 0 Å². The number of thiophene rings is 1. The summed E-state index contributed by atoms with van der Waals surface area (Å²) in [4.78, 5) is 35.4. The van der Waals surface area contributed by atoms with Gasteiger partial charge in [0.25, 0.3) is 5.56 Å². The molecular weight excluding hydrogens is 318 g/mol. The van der Waals surface area contributed by atoms with Gasteiger partial charge in [-0.25, -0.2) is 4.79 Å². The average molecular weight is 331 g/mol. The minimum absolute atomic E-state index is 0.0588. The molecule has 3 aromatic heterocycles. The lowest BCUT2D eigenvalue weighted by Crippen LogP contribution is -2.14. The largest absolute Gasteiger partial charge is 0.403 e. The Morgan fingerprint density at radius 2 is 2.30 bits per heavy atom. The second kappa shape index (κ2) is 6.17. The SMILES string of the molecule is CCc1cc(=O)oc2nc(O/N=C(\C)c3ccsc3)[nH]c(=O)c12. The Hall–Kier alpha value is -2.74. The fourth-order valence-corrected chi connectivity index (χ4v) is 2.79. The highest BCUT2D eigenvalue weighted by atomic mass is 32.1. The van der Waals surface area contributed by atoms with Crippen LogP contribution in [0, 0.1) is 0 Å². The van der Waals surface area contributed by atoms with Crippen molar-refractivity contribution >= 4 is 28.1 Å². The molecule has 0 bridgehead atoms. The zero-order chi connectivity index (χ0) is 16.4. The van der Waals surface area contributed by atoms with Gasteiger partial charge in [-0.2, -0.15) is 16.3 Å². The van der Waals surface area contributed by atoms with Gasteiger partial charge in [-0.3, -0.25) is 9.78 Å². The second-order valence-corrected chi connectivity index (χ2v) is 5.56. The monoisotopic (exact) mass is 331 g/mol. The highest BCUT2D eigenvalue weighted by molar-refractivity contribution is 7.08. The topological polar surface area (TPSA) is 97.5 Å². The summed E-state index contributed by atoms with van der Waals surface area (Å²) in [7, 11) is 0. The molecule has 3 aromatic rings. The zero-order valence-electron chi connectivity index (χ0n) is 12.5. The second-order valence-electron chi connectivity index (χ2n) is 4.78. The molecular formula is C15H13N3O4S. The van der Waals surface area contributed by atoms with Gasteiger partial charge >= 0.3 is 11.6 Å². The number of nitrogens with one attached hydrogen (secondary N) is 1. The van der Waals surface area contributed by atoms with E-state index in [9.17, 15) is 9.59 Å². The molecule has 0 saturated heterocycles. The number of hydrogen-bond acceptors (Lipinski definition) is 7. The van der Waals surface area contributed by atoms with Crippen LogP contribution in [0.25, 0.3) is 11.1 Å². The van der Waals surface area contributed by atoms with Gasteiger partial charge in [0.05, 0.1) is 5.71 Å². The third-order valence-electron chi connectivity index (χ3n) is 3.26. The molecule has 0 aromatic carbocycles. The molecule has 0 saturated carbocycles. The lowest BCUT2D eigenvalue weighted by atomic mass is 10.1. The van der Waals surface area contributed by atoms with Gasteiger partial charge in [-0.15, -0.1) is 0 Å². The smallest absolute Gasteiger partial charge is 0.337 e. The van der Waals surface area contributed by atoms with Crippen LogP contribution in [-0.4, -0.2) is 15.7 Å². The van der Waals surface area contributed by atoms with Gasteiger partial charge in [0, 0.05) is 11.6 Å².